The van der Waals surface area contributed by atoms with Crippen LogP contribution in [-0.2, 0) is 0 Å². The second-order valence-corrected chi connectivity index (χ2v) is 3.68. The molecule has 2 N–H and O–H groups in total. The van der Waals surface area contributed by atoms with Gasteiger partial charge in [-0.15, -0.1) is 0 Å². The van der Waals surface area contributed by atoms with Gasteiger partial charge in [-0.05, 0) is 43.4 Å². The Hall–Kier alpha value is -1.31. The van der Waals surface area contributed by atoms with Gasteiger partial charge in [0.05, 0.1) is 0 Å². The van der Waals surface area contributed by atoms with Gasteiger partial charge in [0.25, 0.3) is 0 Å². The molecule has 0 bridgehead atoms. The van der Waals surface area contributed by atoms with E-state index in [9.17, 15) is 5.11 Å². The molecule has 1 aromatic rings. The number of benzene rings is 1. The molecule has 0 aromatic heterocycles. The summed E-state index contributed by atoms with van der Waals surface area (Å²) < 4.78 is 0. The SMILES string of the molecule is CC(=N)c1ccc(C2CC2)cc1O. The van der Waals surface area contributed by atoms with Gasteiger partial charge in [0.15, 0.2) is 0 Å². The third-order valence-electron chi connectivity index (χ3n) is 2.47. The first-order valence-corrected chi connectivity index (χ1v) is 4.57. The molecule has 0 amide bonds. The molecule has 1 aliphatic rings. The third-order valence-corrected chi connectivity index (χ3v) is 2.47. The minimum atomic E-state index is 0.247. The Labute approximate surface area is 77.7 Å². The van der Waals surface area contributed by atoms with E-state index < -0.39 is 0 Å². The number of nitrogens with one attached hydrogen (secondary N) is 1. The minimum absolute atomic E-state index is 0.247. The fraction of sp³-hybridized carbons (Fsp3) is 0.364. The van der Waals surface area contributed by atoms with Crippen LogP contribution in [0.15, 0.2) is 18.2 Å². The van der Waals surface area contributed by atoms with Crippen molar-refractivity contribution in [1.82, 2.24) is 0 Å². The summed E-state index contributed by atoms with van der Waals surface area (Å²) in [7, 11) is 0. The highest BCUT2D eigenvalue weighted by atomic mass is 16.3. The third kappa shape index (κ3) is 1.57. The highest BCUT2D eigenvalue weighted by Crippen LogP contribution is 2.41. The Morgan fingerprint density at radius 2 is 2.15 bits per heavy atom. The van der Waals surface area contributed by atoms with Crippen molar-refractivity contribution in [1.29, 1.82) is 5.41 Å². The molecule has 1 aromatic carbocycles. The van der Waals surface area contributed by atoms with E-state index in [1.54, 1.807) is 13.0 Å². The molecule has 1 saturated carbocycles. The van der Waals surface area contributed by atoms with Gasteiger partial charge in [-0.2, -0.15) is 0 Å². The average Bonchev–Trinajstić information content (AvgIpc) is 2.85. The Kier molecular flexibility index (Phi) is 1.83. The van der Waals surface area contributed by atoms with Gasteiger partial charge in [0.2, 0.25) is 0 Å². The molecule has 1 fully saturated rings. The van der Waals surface area contributed by atoms with E-state index >= 15 is 0 Å². The standard InChI is InChI=1S/C11H13NO/c1-7(12)10-5-4-9(6-11(10)13)8-2-3-8/h4-6,8,12-13H,2-3H2,1H3. The van der Waals surface area contributed by atoms with Gasteiger partial charge < -0.3 is 10.5 Å². The average molecular weight is 175 g/mol. The molecule has 2 nitrogen and oxygen atoms in total. The van der Waals surface area contributed by atoms with Crippen LogP contribution in [0.2, 0.25) is 0 Å². The van der Waals surface area contributed by atoms with Gasteiger partial charge in [-0.3, -0.25) is 0 Å². The zero-order valence-electron chi connectivity index (χ0n) is 7.67. The van der Waals surface area contributed by atoms with Crippen LogP contribution in [0.3, 0.4) is 0 Å². The summed E-state index contributed by atoms with van der Waals surface area (Å²) >= 11 is 0. The van der Waals surface area contributed by atoms with Crippen LogP contribution >= 0.6 is 0 Å². The predicted octanol–water partition coefficient (Wildman–Crippen LogP) is 2.66. The van der Waals surface area contributed by atoms with E-state index in [4.69, 9.17) is 5.41 Å². The number of rotatable bonds is 2. The molecule has 13 heavy (non-hydrogen) atoms. The molecule has 0 unspecified atom stereocenters. The molecular formula is C11H13NO. The Morgan fingerprint density at radius 3 is 2.62 bits per heavy atom. The summed E-state index contributed by atoms with van der Waals surface area (Å²) in [5.41, 5.74) is 2.27. The Balaban J connectivity index is 2.36. The van der Waals surface area contributed by atoms with Crippen molar-refractivity contribution in [2.45, 2.75) is 25.7 Å². The van der Waals surface area contributed by atoms with Gasteiger partial charge in [0.1, 0.15) is 5.75 Å². The van der Waals surface area contributed by atoms with Crippen LogP contribution in [0.25, 0.3) is 0 Å². The van der Waals surface area contributed by atoms with Crippen LogP contribution in [0.1, 0.15) is 36.8 Å². The van der Waals surface area contributed by atoms with Crippen LogP contribution in [0, 0.1) is 5.41 Å². The summed E-state index contributed by atoms with van der Waals surface area (Å²) in [6.07, 6.45) is 2.48. The number of hydrogen-bond donors (Lipinski definition) is 2. The normalized spacial score (nSPS) is 15.8. The maximum Gasteiger partial charge on any atom is 0.124 e. The zero-order valence-corrected chi connectivity index (χ0v) is 7.67. The fourth-order valence-corrected chi connectivity index (χ4v) is 1.54. The van der Waals surface area contributed by atoms with Gasteiger partial charge in [-0.1, -0.05) is 6.07 Å². The monoisotopic (exact) mass is 175 g/mol. The summed E-state index contributed by atoms with van der Waals surface area (Å²) in [5.74, 6) is 0.905. The fourth-order valence-electron chi connectivity index (χ4n) is 1.54. The zero-order chi connectivity index (χ0) is 9.42. The lowest BCUT2D eigenvalue weighted by Crippen LogP contribution is -1.93. The van der Waals surface area contributed by atoms with Gasteiger partial charge in [0, 0.05) is 11.3 Å². The lowest BCUT2D eigenvalue weighted by Gasteiger charge is -2.04. The molecule has 68 valence electrons. The predicted molar refractivity (Wildman–Crippen MR) is 52.6 cm³/mol. The van der Waals surface area contributed by atoms with Crippen LogP contribution in [0.5, 0.6) is 5.75 Å². The molecule has 1 aliphatic carbocycles. The second kappa shape index (κ2) is 2.87. The lowest BCUT2D eigenvalue weighted by atomic mass is 10.0. The van der Waals surface area contributed by atoms with Crippen molar-refractivity contribution in [2.75, 3.05) is 0 Å². The summed E-state index contributed by atoms with van der Waals surface area (Å²) in [6.45, 7) is 1.69. The van der Waals surface area contributed by atoms with Crippen molar-refractivity contribution >= 4 is 5.71 Å². The van der Waals surface area contributed by atoms with Crippen molar-refractivity contribution < 1.29 is 5.11 Å². The van der Waals surface area contributed by atoms with Gasteiger partial charge in [-0.25, -0.2) is 0 Å². The molecule has 2 rings (SSSR count). The number of phenols is 1. The highest BCUT2D eigenvalue weighted by molar-refractivity contribution is 5.98. The summed E-state index contributed by atoms with van der Waals surface area (Å²) in [5, 5.41) is 17.0. The second-order valence-electron chi connectivity index (χ2n) is 3.68. The largest absolute Gasteiger partial charge is 0.507 e. The molecule has 0 spiro atoms. The quantitative estimate of drug-likeness (QED) is 0.667. The number of phenolic OH excluding ortho intramolecular Hbond substituents is 1. The van der Waals surface area contributed by atoms with Crippen LogP contribution in [-0.4, -0.2) is 10.8 Å². The molecule has 0 aliphatic heterocycles. The van der Waals surface area contributed by atoms with E-state index in [2.05, 4.69) is 0 Å². The smallest absolute Gasteiger partial charge is 0.124 e. The summed E-state index contributed by atoms with van der Waals surface area (Å²) in [6, 6.07) is 5.65. The van der Waals surface area contributed by atoms with E-state index in [1.165, 1.54) is 18.4 Å². The molecule has 0 radical (unpaired) electrons. The van der Waals surface area contributed by atoms with E-state index in [1.807, 2.05) is 12.1 Å². The maximum atomic E-state index is 9.60. The summed E-state index contributed by atoms with van der Waals surface area (Å²) in [4.78, 5) is 0. The van der Waals surface area contributed by atoms with Crippen molar-refractivity contribution in [3.63, 3.8) is 0 Å². The highest BCUT2D eigenvalue weighted by Gasteiger charge is 2.24. The minimum Gasteiger partial charge on any atom is -0.507 e. The first-order valence-electron chi connectivity index (χ1n) is 4.57. The Bertz CT molecular complexity index is 353. The first-order chi connectivity index (χ1) is 6.18. The van der Waals surface area contributed by atoms with Crippen molar-refractivity contribution in [2.24, 2.45) is 0 Å². The van der Waals surface area contributed by atoms with E-state index in [0.29, 0.717) is 17.2 Å². The van der Waals surface area contributed by atoms with Crippen LogP contribution < -0.4 is 0 Å². The van der Waals surface area contributed by atoms with Crippen LogP contribution in [0.4, 0.5) is 0 Å². The van der Waals surface area contributed by atoms with Crippen molar-refractivity contribution in [3.8, 4) is 5.75 Å². The van der Waals surface area contributed by atoms with E-state index in [0.717, 1.165) is 0 Å². The Morgan fingerprint density at radius 1 is 1.46 bits per heavy atom. The van der Waals surface area contributed by atoms with E-state index in [-0.39, 0.29) is 5.75 Å². The first kappa shape index (κ1) is 8.30. The lowest BCUT2D eigenvalue weighted by molar-refractivity contribution is 0.473. The molecule has 0 atom stereocenters. The number of aromatic hydroxyl groups is 1. The topological polar surface area (TPSA) is 44.1 Å². The maximum absolute atomic E-state index is 9.60. The molecule has 0 saturated heterocycles. The van der Waals surface area contributed by atoms with Gasteiger partial charge >= 0.3 is 0 Å². The number of hydrogen-bond acceptors (Lipinski definition) is 2. The molecular weight excluding hydrogens is 162 g/mol. The molecule has 0 heterocycles. The molecule has 2 heteroatoms. The van der Waals surface area contributed by atoms with Crippen molar-refractivity contribution in [3.05, 3.63) is 29.3 Å².